The first-order chi connectivity index (χ1) is 9.70. The number of nitrogens with one attached hydrogen (secondary N) is 1. The van der Waals surface area contributed by atoms with Gasteiger partial charge in [0, 0.05) is 24.6 Å². The summed E-state index contributed by atoms with van der Waals surface area (Å²) in [5.74, 6) is 1.12. The number of rotatable bonds is 5. The highest BCUT2D eigenvalue weighted by Gasteiger charge is 2.07. The fourth-order valence-electron chi connectivity index (χ4n) is 2.05. The van der Waals surface area contributed by atoms with Crippen molar-refractivity contribution in [2.75, 3.05) is 11.9 Å². The van der Waals surface area contributed by atoms with Gasteiger partial charge in [-0.1, -0.05) is 6.92 Å². The van der Waals surface area contributed by atoms with Crippen LogP contribution in [0.1, 0.15) is 36.1 Å². The monoisotopic (exact) mass is 266 g/mol. The summed E-state index contributed by atoms with van der Waals surface area (Å²) in [6.07, 6.45) is 4.61. The van der Waals surface area contributed by atoms with Crippen LogP contribution in [-0.4, -0.2) is 16.5 Å². The van der Waals surface area contributed by atoms with E-state index in [0.29, 0.717) is 17.3 Å². The summed E-state index contributed by atoms with van der Waals surface area (Å²) in [7, 11) is 0. The summed E-state index contributed by atoms with van der Waals surface area (Å²) in [5.41, 5.74) is 2.78. The summed E-state index contributed by atoms with van der Waals surface area (Å²) in [4.78, 5) is 8.40. The van der Waals surface area contributed by atoms with Crippen molar-refractivity contribution in [2.45, 2.75) is 26.2 Å². The molecule has 0 radical (unpaired) electrons. The van der Waals surface area contributed by atoms with Crippen LogP contribution in [0.25, 0.3) is 0 Å². The molecule has 0 amide bonds. The lowest BCUT2D eigenvalue weighted by Crippen LogP contribution is -2.09. The van der Waals surface area contributed by atoms with Crippen LogP contribution in [0.2, 0.25) is 0 Å². The maximum Gasteiger partial charge on any atom is 0.144 e. The molecule has 2 rings (SSSR count). The Morgan fingerprint density at radius 3 is 2.70 bits per heavy atom. The number of hydrogen-bond donors (Lipinski definition) is 1. The summed E-state index contributed by atoms with van der Waals surface area (Å²) < 4.78 is 0. The highest BCUT2D eigenvalue weighted by Crippen LogP contribution is 2.18. The molecular weight excluding hydrogens is 248 g/mol. The van der Waals surface area contributed by atoms with Crippen LogP contribution in [0.15, 0.2) is 36.7 Å². The van der Waals surface area contributed by atoms with Crippen LogP contribution in [0.4, 0.5) is 5.82 Å². The van der Waals surface area contributed by atoms with E-state index < -0.39 is 0 Å². The molecule has 0 aromatic carbocycles. The molecule has 1 atom stereocenters. The molecule has 4 heteroatoms. The van der Waals surface area contributed by atoms with Gasteiger partial charge in [-0.15, -0.1) is 0 Å². The Morgan fingerprint density at radius 1 is 1.25 bits per heavy atom. The number of aromatic nitrogens is 2. The van der Waals surface area contributed by atoms with Gasteiger partial charge in [0.15, 0.2) is 0 Å². The highest BCUT2D eigenvalue weighted by atomic mass is 15.0. The molecule has 0 saturated heterocycles. The van der Waals surface area contributed by atoms with Crippen LogP contribution in [0, 0.1) is 18.3 Å². The number of hydrogen-bond acceptors (Lipinski definition) is 4. The molecule has 102 valence electrons. The second-order valence-electron chi connectivity index (χ2n) is 4.86. The number of anilines is 1. The molecule has 0 aliphatic heterocycles. The first kappa shape index (κ1) is 14.0. The van der Waals surface area contributed by atoms with Crippen molar-refractivity contribution in [3.05, 3.63) is 53.5 Å². The van der Waals surface area contributed by atoms with Gasteiger partial charge in [-0.2, -0.15) is 5.26 Å². The maximum absolute atomic E-state index is 9.06. The number of aryl methyl sites for hydroxylation is 1. The Kier molecular flexibility index (Phi) is 4.67. The predicted molar refractivity (Wildman–Crippen MR) is 79.4 cm³/mol. The molecule has 1 N–H and O–H groups in total. The minimum atomic E-state index is 0.445. The normalized spacial score (nSPS) is 11.7. The van der Waals surface area contributed by atoms with Crippen molar-refractivity contribution in [3.63, 3.8) is 0 Å². The molecule has 2 aromatic heterocycles. The molecule has 0 bridgehead atoms. The van der Waals surface area contributed by atoms with E-state index in [1.165, 1.54) is 5.56 Å². The molecule has 0 fully saturated rings. The molecule has 0 aliphatic rings. The molecule has 2 aromatic rings. The van der Waals surface area contributed by atoms with Gasteiger partial charge in [-0.3, -0.25) is 4.98 Å². The van der Waals surface area contributed by atoms with E-state index >= 15 is 0 Å². The molecule has 4 nitrogen and oxygen atoms in total. The van der Waals surface area contributed by atoms with Crippen LogP contribution >= 0.6 is 0 Å². The molecule has 2 heterocycles. The third kappa shape index (κ3) is 3.55. The maximum atomic E-state index is 9.06. The highest BCUT2D eigenvalue weighted by molar-refractivity contribution is 5.52. The minimum Gasteiger partial charge on any atom is -0.369 e. The Bertz CT molecular complexity index is 602. The Balaban J connectivity index is 1.94. The van der Waals surface area contributed by atoms with E-state index in [4.69, 9.17) is 5.26 Å². The van der Waals surface area contributed by atoms with Gasteiger partial charge in [-0.05, 0) is 49.1 Å². The molecule has 1 unspecified atom stereocenters. The van der Waals surface area contributed by atoms with E-state index in [0.717, 1.165) is 18.7 Å². The zero-order valence-electron chi connectivity index (χ0n) is 11.8. The second kappa shape index (κ2) is 6.67. The predicted octanol–water partition coefficient (Wildman–Crippen LogP) is 3.26. The fourth-order valence-corrected chi connectivity index (χ4v) is 2.05. The molecule has 0 saturated carbocycles. The van der Waals surface area contributed by atoms with E-state index in [1.54, 1.807) is 6.07 Å². The van der Waals surface area contributed by atoms with Gasteiger partial charge in [-0.25, -0.2) is 4.98 Å². The van der Waals surface area contributed by atoms with Gasteiger partial charge in [0.25, 0.3) is 0 Å². The summed E-state index contributed by atoms with van der Waals surface area (Å²) in [6, 6.07) is 9.89. The Morgan fingerprint density at radius 2 is 2.00 bits per heavy atom. The Hall–Kier alpha value is -2.41. The summed E-state index contributed by atoms with van der Waals surface area (Å²) in [5, 5.41) is 12.3. The molecule has 0 spiro atoms. The summed E-state index contributed by atoms with van der Waals surface area (Å²) >= 11 is 0. The van der Waals surface area contributed by atoms with Crippen LogP contribution in [-0.2, 0) is 0 Å². The molecular formula is C16H18N4. The first-order valence-electron chi connectivity index (χ1n) is 6.72. The lowest BCUT2D eigenvalue weighted by atomic mass is 9.99. The van der Waals surface area contributed by atoms with Crippen molar-refractivity contribution >= 4 is 5.82 Å². The molecule has 20 heavy (non-hydrogen) atoms. The van der Waals surface area contributed by atoms with Gasteiger partial charge in [0.2, 0.25) is 0 Å². The van der Waals surface area contributed by atoms with Gasteiger partial charge < -0.3 is 5.32 Å². The van der Waals surface area contributed by atoms with E-state index in [-0.39, 0.29) is 0 Å². The lowest BCUT2D eigenvalue weighted by molar-refractivity contribution is 0.703. The SMILES string of the molecule is Cc1ccc(C#N)c(NCCC(C)c2ccncc2)n1. The van der Waals surface area contributed by atoms with E-state index in [9.17, 15) is 0 Å². The van der Waals surface area contributed by atoms with Crippen LogP contribution in [0.5, 0.6) is 0 Å². The van der Waals surface area contributed by atoms with E-state index in [2.05, 4.69) is 28.3 Å². The van der Waals surface area contributed by atoms with Gasteiger partial charge >= 0.3 is 0 Å². The zero-order chi connectivity index (χ0) is 14.4. The van der Waals surface area contributed by atoms with Crippen LogP contribution in [0.3, 0.4) is 0 Å². The number of nitrogens with zero attached hydrogens (tertiary/aromatic N) is 3. The van der Waals surface area contributed by atoms with Gasteiger partial charge in [0.05, 0.1) is 5.56 Å². The van der Waals surface area contributed by atoms with Crippen molar-refractivity contribution in [3.8, 4) is 6.07 Å². The fraction of sp³-hybridized carbons (Fsp3) is 0.312. The standard InChI is InChI=1S/C16H18N4/c1-12(14-6-8-18-9-7-14)5-10-19-16-15(11-17)4-3-13(2)20-16/h3-4,6-9,12H,5,10H2,1-2H3,(H,19,20). The van der Waals surface area contributed by atoms with Crippen molar-refractivity contribution in [1.29, 1.82) is 5.26 Å². The average Bonchev–Trinajstić information content (AvgIpc) is 2.48. The third-order valence-electron chi connectivity index (χ3n) is 3.30. The third-order valence-corrected chi connectivity index (χ3v) is 3.30. The quantitative estimate of drug-likeness (QED) is 0.902. The van der Waals surface area contributed by atoms with Crippen molar-refractivity contribution in [1.82, 2.24) is 9.97 Å². The summed E-state index contributed by atoms with van der Waals surface area (Å²) in [6.45, 7) is 4.90. The molecule has 0 aliphatic carbocycles. The number of pyridine rings is 2. The van der Waals surface area contributed by atoms with E-state index in [1.807, 2.05) is 37.5 Å². The van der Waals surface area contributed by atoms with Crippen molar-refractivity contribution in [2.24, 2.45) is 0 Å². The first-order valence-corrected chi connectivity index (χ1v) is 6.72. The second-order valence-corrected chi connectivity index (χ2v) is 4.86. The van der Waals surface area contributed by atoms with Gasteiger partial charge in [0.1, 0.15) is 11.9 Å². The van der Waals surface area contributed by atoms with Crippen molar-refractivity contribution < 1.29 is 0 Å². The zero-order valence-corrected chi connectivity index (χ0v) is 11.8. The average molecular weight is 266 g/mol. The minimum absolute atomic E-state index is 0.445. The topological polar surface area (TPSA) is 61.6 Å². The largest absolute Gasteiger partial charge is 0.369 e. The smallest absolute Gasteiger partial charge is 0.144 e. The van der Waals surface area contributed by atoms with Crippen LogP contribution < -0.4 is 5.32 Å². The lowest BCUT2D eigenvalue weighted by Gasteiger charge is -2.13. The number of nitriles is 1. The Labute approximate surface area is 119 Å².